The summed E-state index contributed by atoms with van der Waals surface area (Å²) in [5.74, 6) is -1.77. The molecule has 1 N–H and O–H groups in total. The van der Waals surface area contributed by atoms with E-state index >= 15 is 0 Å². The van der Waals surface area contributed by atoms with E-state index in [0.717, 1.165) is 11.1 Å². The number of carbonyl (C=O) groups excluding carboxylic acids is 4. The topological polar surface area (TPSA) is 96.0 Å². The van der Waals surface area contributed by atoms with E-state index in [4.69, 9.17) is 4.74 Å². The Morgan fingerprint density at radius 1 is 0.971 bits per heavy atom. The number of benzene rings is 2. The minimum atomic E-state index is -0.997. The van der Waals surface area contributed by atoms with Crippen molar-refractivity contribution in [1.29, 1.82) is 0 Å². The quantitative estimate of drug-likeness (QED) is 0.596. The lowest BCUT2D eigenvalue weighted by atomic mass is 9.97. The second-order valence-corrected chi connectivity index (χ2v) is 8.58. The van der Waals surface area contributed by atoms with Crippen LogP contribution in [0.3, 0.4) is 0 Å². The fourth-order valence-corrected chi connectivity index (χ4v) is 4.37. The van der Waals surface area contributed by atoms with Crippen molar-refractivity contribution in [2.24, 2.45) is 0 Å². The van der Waals surface area contributed by atoms with Crippen molar-refractivity contribution in [3.05, 3.63) is 71.8 Å². The first-order valence-electron chi connectivity index (χ1n) is 11.6. The highest BCUT2D eigenvalue weighted by atomic mass is 16.5. The number of ether oxygens (including phenoxy) is 1. The molecule has 2 aromatic carbocycles. The number of rotatable bonds is 8. The predicted octanol–water partition coefficient (Wildman–Crippen LogP) is 1.33. The predicted molar refractivity (Wildman–Crippen MR) is 124 cm³/mol. The van der Waals surface area contributed by atoms with E-state index in [9.17, 15) is 19.2 Å². The molecule has 2 atom stereocenters. The maximum absolute atomic E-state index is 13.6. The molecule has 2 heterocycles. The average Bonchev–Trinajstić information content (AvgIpc) is 3.33. The fraction of sp³-hybridized carbons (Fsp3) is 0.385. The molecule has 2 unspecified atom stereocenters. The van der Waals surface area contributed by atoms with Gasteiger partial charge in [0, 0.05) is 32.5 Å². The first-order valence-corrected chi connectivity index (χ1v) is 11.6. The Hall–Kier alpha value is -3.52. The average molecular weight is 464 g/mol. The Labute approximate surface area is 198 Å². The minimum absolute atomic E-state index is 0.158. The van der Waals surface area contributed by atoms with Crippen molar-refractivity contribution < 1.29 is 23.9 Å². The van der Waals surface area contributed by atoms with Crippen LogP contribution in [0.5, 0.6) is 0 Å². The van der Waals surface area contributed by atoms with E-state index in [1.165, 1.54) is 9.80 Å². The van der Waals surface area contributed by atoms with Crippen LogP contribution in [0.25, 0.3) is 0 Å². The van der Waals surface area contributed by atoms with Crippen LogP contribution in [0.2, 0.25) is 0 Å². The molecule has 0 aromatic heterocycles. The van der Waals surface area contributed by atoms with Crippen LogP contribution in [0.15, 0.2) is 60.7 Å². The molecule has 0 spiro atoms. The molecule has 34 heavy (non-hydrogen) atoms. The molecule has 2 saturated heterocycles. The lowest BCUT2D eigenvalue weighted by molar-refractivity contribution is -0.153. The third-order valence-electron chi connectivity index (χ3n) is 6.23. The molecular formula is C26H29N3O5. The van der Waals surface area contributed by atoms with Gasteiger partial charge in [-0.05, 0) is 17.5 Å². The molecule has 8 nitrogen and oxygen atoms in total. The number of hydrogen-bond acceptors (Lipinski definition) is 5. The number of nitrogens with one attached hydrogen (secondary N) is 1. The summed E-state index contributed by atoms with van der Waals surface area (Å²) in [4.78, 5) is 55.3. The second kappa shape index (κ2) is 11.1. The highest BCUT2D eigenvalue weighted by Gasteiger charge is 2.40. The van der Waals surface area contributed by atoms with Crippen LogP contribution in [-0.4, -0.2) is 71.7 Å². The van der Waals surface area contributed by atoms with E-state index in [1.807, 2.05) is 60.7 Å². The Kier molecular flexibility index (Phi) is 7.69. The number of Topliss-reactive ketones (excluding diaryl/α,β-unsaturated/α-hetero) is 1. The van der Waals surface area contributed by atoms with Gasteiger partial charge in [-0.2, -0.15) is 0 Å². The van der Waals surface area contributed by atoms with Crippen LogP contribution in [0, 0.1) is 0 Å². The van der Waals surface area contributed by atoms with Crippen molar-refractivity contribution in [2.75, 3.05) is 26.3 Å². The van der Waals surface area contributed by atoms with Crippen LogP contribution in [-0.2, 0) is 36.9 Å². The molecule has 0 saturated carbocycles. The number of amides is 3. The van der Waals surface area contributed by atoms with E-state index in [-0.39, 0.29) is 31.2 Å². The number of hydrogen-bond donors (Lipinski definition) is 1. The lowest BCUT2D eigenvalue weighted by Crippen LogP contribution is -2.56. The summed E-state index contributed by atoms with van der Waals surface area (Å²) < 4.78 is 5.32. The third-order valence-corrected chi connectivity index (χ3v) is 6.23. The number of ketones is 1. The highest BCUT2D eigenvalue weighted by Crippen LogP contribution is 2.20. The standard InChI is InChI=1S/C26H29N3O5/c30-23-12-11-21(27-23)25(32)29(18-20-9-5-2-6-10-20)22(17-19-7-3-1-4-8-19)24(31)26(33)28-13-15-34-16-14-28/h1-10,21-22H,11-18H2,(H,27,30). The van der Waals surface area contributed by atoms with Crippen molar-refractivity contribution in [3.8, 4) is 0 Å². The monoisotopic (exact) mass is 463 g/mol. The van der Waals surface area contributed by atoms with E-state index < -0.39 is 23.8 Å². The molecule has 2 aliphatic rings. The summed E-state index contributed by atoms with van der Waals surface area (Å²) in [6, 6.07) is 17.0. The van der Waals surface area contributed by atoms with Crippen molar-refractivity contribution in [1.82, 2.24) is 15.1 Å². The van der Waals surface area contributed by atoms with Gasteiger partial charge in [0.05, 0.1) is 13.2 Å². The molecule has 178 valence electrons. The Bertz CT molecular complexity index is 1020. The summed E-state index contributed by atoms with van der Waals surface area (Å²) in [6.07, 6.45) is 0.835. The first kappa shape index (κ1) is 23.6. The van der Waals surface area contributed by atoms with Crippen molar-refractivity contribution in [2.45, 2.75) is 37.9 Å². The van der Waals surface area contributed by atoms with Gasteiger partial charge in [0.15, 0.2) is 0 Å². The normalized spacial score (nSPS) is 18.8. The first-order chi connectivity index (χ1) is 16.5. The van der Waals surface area contributed by atoms with Crippen LogP contribution in [0.1, 0.15) is 24.0 Å². The largest absolute Gasteiger partial charge is 0.378 e. The van der Waals surface area contributed by atoms with E-state index in [1.54, 1.807) is 0 Å². The van der Waals surface area contributed by atoms with Gasteiger partial charge in [-0.15, -0.1) is 0 Å². The summed E-state index contributed by atoms with van der Waals surface area (Å²) in [5.41, 5.74) is 1.68. The van der Waals surface area contributed by atoms with Crippen molar-refractivity contribution >= 4 is 23.5 Å². The number of nitrogens with zero attached hydrogens (tertiary/aromatic N) is 2. The minimum Gasteiger partial charge on any atom is -0.378 e. The van der Waals surface area contributed by atoms with Gasteiger partial charge in [0.1, 0.15) is 12.1 Å². The Balaban J connectivity index is 1.67. The highest BCUT2D eigenvalue weighted by molar-refractivity contribution is 6.38. The number of morpholine rings is 1. The van der Waals surface area contributed by atoms with Crippen molar-refractivity contribution in [3.63, 3.8) is 0 Å². The maximum atomic E-state index is 13.6. The summed E-state index contributed by atoms with van der Waals surface area (Å²) in [5, 5.41) is 2.72. The Morgan fingerprint density at radius 3 is 2.18 bits per heavy atom. The molecule has 0 aliphatic carbocycles. The molecule has 2 fully saturated rings. The molecule has 4 rings (SSSR count). The van der Waals surface area contributed by atoms with E-state index in [0.29, 0.717) is 32.7 Å². The molecule has 3 amide bonds. The zero-order valence-electron chi connectivity index (χ0n) is 19.0. The van der Waals surface area contributed by atoms with Gasteiger partial charge in [-0.25, -0.2) is 0 Å². The SMILES string of the molecule is O=C1CCC(C(=O)N(Cc2ccccc2)C(Cc2ccccc2)C(=O)C(=O)N2CCOCC2)N1. The van der Waals surface area contributed by atoms with Gasteiger partial charge >= 0.3 is 0 Å². The third kappa shape index (κ3) is 5.69. The molecule has 2 aromatic rings. The molecule has 0 bridgehead atoms. The molecule has 2 aliphatic heterocycles. The van der Waals surface area contributed by atoms with Crippen LogP contribution >= 0.6 is 0 Å². The summed E-state index contributed by atoms with van der Waals surface area (Å²) >= 11 is 0. The summed E-state index contributed by atoms with van der Waals surface area (Å²) in [6.45, 7) is 1.60. The smallest absolute Gasteiger partial charge is 0.292 e. The molecule has 8 heteroatoms. The molecule has 0 radical (unpaired) electrons. The zero-order valence-corrected chi connectivity index (χ0v) is 19.0. The van der Waals surface area contributed by atoms with Crippen LogP contribution < -0.4 is 5.32 Å². The molecular weight excluding hydrogens is 434 g/mol. The zero-order chi connectivity index (χ0) is 23.9. The van der Waals surface area contributed by atoms with Gasteiger partial charge < -0.3 is 19.9 Å². The fourth-order valence-electron chi connectivity index (χ4n) is 4.37. The number of carbonyl (C=O) groups is 4. The van der Waals surface area contributed by atoms with Crippen LogP contribution in [0.4, 0.5) is 0 Å². The van der Waals surface area contributed by atoms with Gasteiger partial charge in [0.25, 0.3) is 5.91 Å². The van der Waals surface area contributed by atoms with Gasteiger partial charge in [-0.3, -0.25) is 19.2 Å². The Morgan fingerprint density at radius 2 is 1.59 bits per heavy atom. The second-order valence-electron chi connectivity index (χ2n) is 8.58. The van der Waals surface area contributed by atoms with Gasteiger partial charge in [0.2, 0.25) is 17.6 Å². The maximum Gasteiger partial charge on any atom is 0.292 e. The van der Waals surface area contributed by atoms with E-state index in [2.05, 4.69) is 5.32 Å². The van der Waals surface area contributed by atoms with Gasteiger partial charge in [-0.1, -0.05) is 60.7 Å². The summed E-state index contributed by atoms with van der Waals surface area (Å²) in [7, 11) is 0. The lowest BCUT2D eigenvalue weighted by Gasteiger charge is -2.34.